The largest absolute Gasteiger partial charge is 0.493 e. The minimum absolute atomic E-state index is 0.525. The van der Waals surface area contributed by atoms with Crippen LogP contribution in [0, 0.1) is 0 Å². The zero-order valence-electron chi connectivity index (χ0n) is 12.3. The summed E-state index contributed by atoms with van der Waals surface area (Å²) in [5.41, 5.74) is 1.38. The van der Waals surface area contributed by atoms with E-state index in [1.807, 2.05) is 0 Å². The van der Waals surface area contributed by atoms with Crippen LogP contribution in [0.5, 0.6) is 5.75 Å². The van der Waals surface area contributed by atoms with Gasteiger partial charge in [-0.05, 0) is 18.9 Å². The summed E-state index contributed by atoms with van der Waals surface area (Å²) in [6.45, 7) is 6.42. The molecular weight excluding hydrogens is 234 g/mol. The van der Waals surface area contributed by atoms with Crippen molar-refractivity contribution in [2.75, 3.05) is 13.2 Å². The van der Waals surface area contributed by atoms with Gasteiger partial charge >= 0.3 is 0 Å². The fourth-order valence-corrected chi connectivity index (χ4v) is 2.85. The molecule has 0 aromatic heterocycles. The smallest absolute Gasteiger partial charge is 0.122 e. The number of benzene rings is 1. The molecule has 1 heterocycles. The Kier molecular flexibility index (Phi) is 5.71. The summed E-state index contributed by atoms with van der Waals surface area (Å²) >= 11 is 0. The molecule has 2 nitrogen and oxygen atoms in total. The lowest BCUT2D eigenvalue weighted by Gasteiger charge is -2.20. The van der Waals surface area contributed by atoms with Gasteiger partial charge in [0.2, 0.25) is 0 Å². The van der Waals surface area contributed by atoms with Gasteiger partial charge in [0, 0.05) is 24.1 Å². The van der Waals surface area contributed by atoms with Gasteiger partial charge in [0.05, 0.1) is 6.61 Å². The van der Waals surface area contributed by atoms with Gasteiger partial charge in [0.25, 0.3) is 0 Å². The molecule has 1 aliphatic rings. The standard InChI is InChI=1S/C17H27NO/c1-3-5-9-15(8-4-2)18-12-14-13-19-17-11-7-6-10-16(14)17/h6-7,10-11,14-15,18H,3-5,8-9,12-13H2,1-2H3. The first-order valence-corrected chi connectivity index (χ1v) is 7.80. The minimum atomic E-state index is 0.525. The van der Waals surface area contributed by atoms with E-state index < -0.39 is 0 Å². The SMILES string of the molecule is CCCCC(CCC)NCC1COc2ccccc21. The van der Waals surface area contributed by atoms with Crippen molar-refractivity contribution in [3.63, 3.8) is 0 Å². The summed E-state index contributed by atoms with van der Waals surface area (Å²) in [6.07, 6.45) is 6.47. The van der Waals surface area contributed by atoms with E-state index in [0.29, 0.717) is 12.0 Å². The van der Waals surface area contributed by atoms with Crippen LogP contribution >= 0.6 is 0 Å². The first-order valence-electron chi connectivity index (χ1n) is 7.80. The van der Waals surface area contributed by atoms with E-state index in [2.05, 4.69) is 43.4 Å². The summed E-state index contributed by atoms with van der Waals surface area (Å²) in [6, 6.07) is 9.13. The molecule has 2 atom stereocenters. The van der Waals surface area contributed by atoms with Crippen LogP contribution in [-0.4, -0.2) is 19.2 Å². The van der Waals surface area contributed by atoms with E-state index in [0.717, 1.165) is 18.9 Å². The Hall–Kier alpha value is -1.02. The molecule has 1 aliphatic heterocycles. The van der Waals surface area contributed by atoms with Crippen molar-refractivity contribution in [3.05, 3.63) is 29.8 Å². The van der Waals surface area contributed by atoms with Gasteiger partial charge in [-0.15, -0.1) is 0 Å². The highest BCUT2D eigenvalue weighted by Crippen LogP contribution is 2.33. The van der Waals surface area contributed by atoms with Crippen molar-refractivity contribution in [1.29, 1.82) is 0 Å². The average Bonchev–Trinajstić information content (AvgIpc) is 2.85. The molecule has 106 valence electrons. The molecule has 0 radical (unpaired) electrons. The van der Waals surface area contributed by atoms with Crippen LogP contribution in [0.2, 0.25) is 0 Å². The monoisotopic (exact) mass is 261 g/mol. The van der Waals surface area contributed by atoms with Crippen molar-refractivity contribution in [2.45, 2.75) is 57.9 Å². The maximum atomic E-state index is 5.74. The van der Waals surface area contributed by atoms with Crippen LogP contribution in [0.4, 0.5) is 0 Å². The normalized spacial score (nSPS) is 18.9. The summed E-state index contributed by atoms with van der Waals surface area (Å²) in [7, 11) is 0. The van der Waals surface area contributed by atoms with Crippen LogP contribution in [0.1, 0.15) is 57.4 Å². The Bertz CT molecular complexity index is 377. The van der Waals surface area contributed by atoms with Crippen LogP contribution in [0.3, 0.4) is 0 Å². The molecule has 0 aliphatic carbocycles. The molecule has 0 spiro atoms. The predicted molar refractivity (Wildman–Crippen MR) is 80.9 cm³/mol. The van der Waals surface area contributed by atoms with Crippen molar-refractivity contribution < 1.29 is 4.74 Å². The van der Waals surface area contributed by atoms with Gasteiger partial charge < -0.3 is 10.1 Å². The number of ether oxygens (including phenoxy) is 1. The van der Waals surface area contributed by atoms with E-state index in [9.17, 15) is 0 Å². The lowest BCUT2D eigenvalue weighted by Crippen LogP contribution is -2.33. The predicted octanol–water partition coefficient (Wildman–Crippen LogP) is 4.11. The van der Waals surface area contributed by atoms with Crippen LogP contribution < -0.4 is 10.1 Å². The third kappa shape index (κ3) is 3.97. The number of fused-ring (bicyclic) bond motifs is 1. The second-order valence-electron chi connectivity index (χ2n) is 5.58. The molecule has 1 aromatic carbocycles. The summed E-state index contributed by atoms with van der Waals surface area (Å²) in [5.74, 6) is 1.60. The molecular formula is C17H27NO. The van der Waals surface area contributed by atoms with Crippen molar-refractivity contribution in [1.82, 2.24) is 5.32 Å². The van der Waals surface area contributed by atoms with Gasteiger partial charge in [-0.25, -0.2) is 0 Å². The van der Waals surface area contributed by atoms with Gasteiger partial charge in [0.1, 0.15) is 5.75 Å². The lowest BCUT2D eigenvalue weighted by atomic mass is 9.99. The highest BCUT2D eigenvalue weighted by Gasteiger charge is 2.23. The highest BCUT2D eigenvalue weighted by molar-refractivity contribution is 5.39. The molecule has 2 rings (SSSR count). The second kappa shape index (κ2) is 7.54. The summed E-state index contributed by atoms with van der Waals surface area (Å²) < 4.78 is 5.74. The topological polar surface area (TPSA) is 21.3 Å². The minimum Gasteiger partial charge on any atom is -0.493 e. The number of hydrogen-bond donors (Lipinski definition) is 1. The Morgan fingerprint density at radius 1 is 1.21 bits per heavy atom. The molecule has 2 unspecified atom stereocenters. The molecule has 1 aromatic rings. The van der Waals surface area contributed by atoms with Crippen LogP contribution in [0.15, 0.2) is 24.3 Å². The van der Waals surface area contributed by atoms with Crippen LogP contribution in [-0.2, 0) is 0 Å². The Morgan fingerprint density at radius 3 is 2.84 bits per heavy atom. The maximum Gasteiger partial charge on any atom is 0.122 e. The molecule has 19 heavy (non-hydrogen) atoms. The van der Waals surface area contributed by atoms with Crippen molar-refractivity contribution >= 4 is 0 Å². The zero-order chi connectivity index (χ0) is 13.5. The third-order valence-corrected chi connectivity index (χ3v) is 4.00. The second-order valence-corrected chi connectivity index (χ2v) is 5.58. The fraction of sp³-hybridized carbons (Fsp3) is 0.647. The number of hydrogen-bond acceptors (Lipinski definition) is 2. The third-order valence-electron chi connectivity index (χ3n) is 4.00. The molecule has 1 N–H and O–H groups in total. The van der Waals surface area contributed by atoms with Crippen LogP contribution in [0.25, 0.3) is 0 Å². The molecule has 0 amide bonds. The first kappa shape index (κ1) is 14.4. The zero-order valence-corrected chi connectivity index (χ0v) is 12.3. The first-order chi connectivity index (χ1) is 9.35. The van der Waals surface area contributed by atoms with Gasteiger partial charge in [-0.3, -0.25) is 0 Å². The Labute approximate surface area is 117 Å². The van der Waals surface area contributed by atoms with Gasteiger partial charge in [-0.2, -0.15) is 0 Å². The van der Waals surface area contributed by atoms with Gasteiger partial charge in [0.15, 0.2) is 0 Å². The van der Waals surface area contributed by atoms with Crippen molar-refractivity contribution in [2.24, 2.45) is 0 Å². The quantitative estimate of drug-likeness (QED) is 0.760. The number of unbranched alkanes of at least 4 members (excludes halogenated alkanes) is 1. The Morgan fingerprint density at radius 2 is 2.05 bits per heavy atom. The molecule has 0 fully saturated rings. The fourth-order valence-electron chi connectivity index (χ4n) is 2.85. The van der Waals surface area contributed by atoms with Crippen molar-refractivity contribution in [3.8, 4) is 5.75 Å². The number of rotatable bonds is 8. The lowest BCUT2D eigenvalue weighted by molar-refractivity contribution is 0.317. The summed E-state index contributed by atoms with van der Waals surface area (Å²) in [5, 5.41) is 3.76. The highest BCUT2D eigenvalue weighted by atomic mass is 16.5. The summed E-state index contributed by atoms with van der Waals surface area (Å²) in [4.78, 5) is 0. The molecule has 0 saturated heterocycles. The van der Waals surface area contributed by atoms with E-state index in [1.54, 1.807) is 0 Å². The van der Waals surface area contributed by atoms with E-state index in [4.69, 9.17) is 4.74 Å². The van der Waals surface area contributed by atoms with E-state index >= 15 is 0 Å². The number of nitrogens with one attached hydrogen (secondary N) is 1. The van der Waals surface area contributed by atoms with E-state index in [-0.39, 0.29) is 0 Å². The van der Waals surface area contributed by atoms with Gasteiger partial charge in [-0.1, -0.05) is 51.3 Å². The maximum absolute atomic E-state index is 5.74. The molecule has 0 saturated carbocycles. The molecule has 0 bridgehead atoms. The Balaban J connectivity index is 1.84. The number of para-hydroxylation sites is 1. The molecule has 2 heteroatoms. The van der Waals surface area contributed by atoms with E-state index in [1.165, 1.54) is 37.7 Å². The average molecular weight is 261 g/mol.